The molecule has 0 atom stereocenters. The quantitative estimate of drug-likeness (QED) is 0.719. The second-order valence-electron chi connectivity index (χ2n) is 3.75. The highest BCUT2D eigenvalue weighted by atomic mass is 35.5. The summed E-state index contributed by atoms with van der Waals surface area (Å²) in [4.78, 5) is 24.5. The molecule has 0 aliphatic heterocycles. The van der Waals surface area contributed by atoms with E-state index < -0.39 is 0 Å². The highest BCUT2D eigenvalue weighted by Crippen LogP contribution is 2.23. The first-order valence-corrected chi connectivity index (χ1v) is 5.59. The molecule has 3 rings (SSSR count). The Bertz CT molecular complexity index is 791. The van der Waals surface area contributed by atoms with Gasteiger partial charge in [-0.25, -0.2) is 19.5 Å². The van der Waals surface area contributed by atoms with Crippen LogP contribution >= 0.6 is 11.6 Å². The lowest BCUT2D eigenvalue weighted by molar-refractivity contribution is 0.891. The Labute approximate surface area is 106 Å². The lowest BCUT2D eigenvalue weighted by atomic mass is 10.1. The Morgan fingerprint density at radius 1 is 1.44 bits per heavy atom. The first kappa shape index (κ1) is 10.9. The molecule has 0 spiro atoms. The van der Waals surface area contributed by atoms with Gasteiger partial charge in [0.15, 0.2) is 5.65 Å². The van der Waals surface area contributed by atoms with Gasteiger partial charge in [-0.3, -0.25) is 9.89 Å². The number of hydrogen-bond acceptors (Lipinski definition) is 4. The Kier molecular flexibility index (Phi) is 2.38. The number of fused-ring (bicyclic) bond motifs is 1. The van der Waals surface area contributed by atoms with Gasteiger partial charge in [0, 0.05) is 18.5 Å². The van der Waals surface area contributed by atoms with E-state index in [0.29, 0.717) is 27.6 Å². The molecule has 18 heavy (non-hydrogen) atoms. The van der Waals surface area contributed by atoms with Crippen molar-refractivity contribution in [2.45, 2.75) is 6.92 Å². The van der Waals surface area contributed by atoms with Crippen molar-refractivity contribution >= 4 is 17.2 Å². The average Bonchev–Trinajstić information content (AvgIpc) is 2.79. The van der Waals surface area contributed by atoms with Gasteiger partial charge in [0.05, 0.1) is 22.0 Å². The zero-order chi connectivity index (χ0) is 12.7. The summed E-state index contributed by atoms with van der Waals surface area (Å²) in [6, 6.07) is 1.72. The van der Waals surface area contributed by atoms with Crippen molar-refractivity contribution in [1.82, 2.24) is 24.6 Å². The van der Waals surface area contributed by atoms with Crippen LogP contribution in [0.3, 0.4) is 0 Å². The summed E-state index contributed by atoms with van der Waals surface area (Å²) in [6.45, 7) is 1.75. The fraction of sp³-hybridized carbons (Fsp3) is 0.0909. The molecule has 0 radical (unpaired) electrons. The average molecular weight is 262 g/mol. The second kappa shape index (κ2) is 3.92. The van der Waals surface area contributed by atoms with E-state index in [1.807, 2.05) is 0 Å². The highest BCUT2D eigenvalue weighted by Gasteiger charge is 2.16. The molecule has 1 N–H and O–H groups in total. The van der Waals surface area contributed by atoms with Crippen molar-refractivity contribution in [2.75, 3.05) is 0 Å². The molecule has 0 aliphatic rings. The van der Waals surface area contributed by atoms with E-state index in [1.54, 1.807) is 19.2 Å². The van der Waals surface area contributed by atoms with E-state index in [0.717, 1.165) is 0 Å². The van der Waals surface area contributed by atoms with Crippen molar-refractivity contribution in [1.29, 1.82) is 0 Å². The van der Waals surface area contributed by atoms with Crippen LogP contribution in [0.2, 0.25) is 5.02 Å². The van der Waals surface area contributed by atoms with Gasteiger partial charge in [0.1, 0.15) is 6.33 Å². The van der Waals surface area contributed by atoms with Gasteiger partial charge in [-0.15, -0.1) is 0 Å². The van der Waals surface area contributed by atoms with Gasteiger partial charge >= 0.3 is 0 Å². The Morgan fingerprint density at radius 3 is 3.06 bits per heavy atom. The predicted octanol–water partition coefficient (Wildman–Crippen LogP) is 1.44. The normalized spacial score (nSPS) is 11.0. The predicted molar refractivity (Wildman–Crippen MR) is 66.6 cm³/mol. The smallest absolute Gasteiger partial charge is 0.282 e. The van der Waals surface area contributed by atoms with Gasteiger partial charge in [-0.1, -0.05) is 11.6 Å². The minimum Gasteiger partial charge on any atom is -0.297 e. The lowest BCUT2D eigenvalue weighted by Crippen LogP contribution is -2.19. The first-order valence-electron chi connectivity index (χ1n) is 5.21. The molecular formula is C11H8ClN5O. The topological polar surface area (TPSA) is 75.9 Å². The largest absolute Gasteiger partial charge is 0.297 e. The molecule has 0 fully saturated rings. The van der Waals surface area contributed by atoms with E-state index in [4.69, 9.17) is 11.6 Å². The number of aromatic nitrogens is 5. The van der Waals surface area contributed by atoms with Crippen LogP contribution in [0.25, 0.3) is 16.9 Å². The van der Waals surface area contributed by atoms with E-state index in [1.165, 1.54) is 17.0 Å². The minimum absolute atomic E-state index is 0.233. The number of nitrogens with zero attached hydrogens (tertiary/aromatic N) is 4. The van der Waals surface area contributed by atoms with Crippen LogP contribution in [-0.2, 0) is 0 Å². The molecule has 0 saturated heterocycles. The van der Waals surface area contributed by atoms with Crippen LogP contribution in [-0.4, -0.2) is 24.6 Å². The minimum atomic E-state index is -0.233. The maximum atomic E-state index is 12.3. The fourth-order valence-electron chi connectivity index (χ4n) is 1.84. The third-order valence-electron chi connectivity index (χ3n) is 2.63. The standard InChI is InChI=1S/C11H8ClN5O/c1-6-9(10-7(12)4-13-5-14-10)11(18)17-8(16-6)2-3-15-17/h2-5,15H,1H3. The monoisotopic (exact) mass is 261 g/mol. The molecule has 0 bridgehead atoms. The molecule has 90 valence electrons. The van der Waals surface area contributed by atoms with Gasteiger partial charge in [-0.2, -0.15) is 0 Å². The molecule has 0 unspecified atom stereocenters. The summed E-state index contributed by atoms with van der Waals surface area (Å²) < 4.78 is 1.35. The molecule has 3 heterocycles. The van der Waals surface area contributed by atoms with Crippen molar-refractivity contribution in [2.24, 2.45) is 0 Å². The number of aromatic amines is 1. The molecular weight excluding hydrogens is 254 g/mol. The van der Waals surface area contributed by atoms with E-state index in [2.05, 4.69) is 20.1 Å². The van der Waals surface area contributed by atoms with E-state index >= 15 is 0 Å². The molecule has 0 saturated carbocycles. The van der Waals surface area contributed by atoms with Crippen molar-refractivity contribution in [3.8, 4) is 11.3 Å². The fourth-order valence-corrected chi connectivity index (χ4v) is 2.04. The van der Waals surface area contributed by atoms with Crippen LogP contribution < -0.4 is 5.56 Å². The molecule has 0 amide bonds. The molecule has 6 nitrogen and oxygen atoms in total. The third kappa shape index (κ3) is 1.50. The zero-order valence-corrected chi connectivity index (χ0v) is 10.1. The summed E-state index contributed by atoms with van der Waals surface area (Å²) in [6.07, 6.45) is 4.45. The number of halogens is 1. The van der Waals surface area contributed by atoms with Gasteiger partial charge in [0.25, 0.3) is 5.56 Å². The lowest BCUT2D eigenvalue weighted by Gasteiger charge is -2.05. The zero-order valence-electron chi connectivity index (χ0n) is 9.38. The summed E-state index contributed by atoms with van der Waals surface area (Å²) in [5, 5.41) is 3.12. The SMILES string of the molecule is Cc1nc2cc[nH]n2c(=O)c1-c1ncncc1Cl. The van der Waals surface area contributed by atoms with Gasteiger partial charge in [0.2, 0.25) is 0 Å². The highest BCUT2D eigenvalue weighted by molar-refractivity contribution is 6.32. The Balaban J connectivity index is 2.43. The summed E-state index contributed by atoms with van der Waals surface area (Å²) in [7, 11) is 0. The number of hydrogen-bond donors (Lipinski definition) is 1. The molecule has 0 aromatic carbocycles. The third-order valence-corrected chi connectivity index (χ3v) is 2.91. The number of H-pyrrole nitrogens is 1. The van der Waals surface area contributed by atoms with E-state index in [-0.39, 0.29) is 5.56 Å². The summed E-state index contributed by atoms with van der Waals surface area (Å²) >= 11 is 6.02. The first-order chi connectivity index (χ1) is 8.68. The maximum Gasteiger partial charge on any atom is 0.282 e. The van der Waals surface area contributed by atoms with Crippen LogP contribution in [0.1, 0.15) is 5.69 Å². The van der Waals surface area contributed by atoms with Crippen molar-refractivity contribution in [3.05, 3.63) is 45.9 Å². The summed E-state index contributed by atoms with van der Waals surface area (Å²) in [5.74, 6) is 0. The molecule has 3 aromatic rings. The number of nitrogens with one attached hydrogen (secondary N) is 1. The van der Waals surface area contributed by atoms with Crippen LogP contribution in [0.4, 0.5) is 0 Å². The van der Waals surface area contributed by atoms with Crippen molar-refractivity contribution < 1.29 is 0 Å². The van der Waals surface area contributed by atoms with Crippen molar-refractivity contribution in [3.63, 3.8) is 0 Å². The molecule has 3 aromatic heterocycles. The second-order valence-corrected chi connectivity index (χ2v) is 4.16. The van der Waals surface area contributed by atoms with Crippen LogP contribution in [0.5, 0.6) is 0 Å². The summed E-state index contributed by atoms with van der Waals surface area (Å²) in [5.41, 5.74) is 1.68. The number of rotatable bonds is 1. The van der Waals surface area contributed by atoms with Crippen LogP contribution in [0, 0.1) is 6.92 Å². The van der Waals surface area contributed by atoms with E-state index in [9.17, 15) is 4.79 Å². The maximum absolute atomic E-state index is 12.3. The number of aryl methyl sites for hydroxylation is 1. The van der Waals surface area contributed by atoms with Gasteiger partial charge < -0.3 is 0 Å². The Hall–Kier alpha value is -2.21. The van der Waals surface area contributed by atoms with Gasteiger partial charge in [-0.05, 0) is 6.92 Å². The molecule has 7 heteroatoms. The van der Waals surface area contributed by atoms with Crippen LogP contribution in [0.15, 0.2) is 29.6 Å². The Morgan fingerprint density at radius 2 is 2.28 bits per heavy atom. The molecule has 0 aliphatic carbocycles.